The second-order valence-corrected chi connectivity index (χ2v) is 5.20. The molecule has 0 saturated heterocycles. The summed E-state index contributed by atoms with van der Waals surface area (Å²) in [6.07, 6.45) is 1.79. The zero-order valence-corrected chi connectivity index (χ0v) is 12.4. The highest BCUT2D eigenvalue weighted by Crippen LogP contribution is 2.25. The Kier molecular flexibility index (Phi) is 4.27. The van der Waals surface area contributed by atoms with Crippen LogP contribution < -0.4 is 5.32 Å². The number of aryl methyl sites for hydroxylation is 1. The number of benzene rings is 1. The number of carbonyl (C=O) groups excluding carboxylic acids is 1. The van der Waals surface area contributed by atoms with Gasteiger partial charge in [-0.3, -0.25) is 4.79 Å². The van der Waals surface area contributed by atoms with E-state index in [-0.39, 0.29) is 10.7 Å². The predicted molar refractivity (Wildman–Crippen MR) is 77.2 cm³/mol. The van der Waals surface area contributed by atoms with Crippen LogP contribution >= 0.6 is 27.5 Å². The topological polar surface area (TPSA) is 34.0 Å². The Morgan fingerprint density at radius 1 is 1.53 bits per heavy atom. The third-order valence-corrected chi connectivity index (χ3v) is 3.39. The fourth-order valence-electron chi connectivity index (χ4n) is 1.72. The molecule has 0 atom stereocenters. The van der Waals surface area contributed by atoms with E-state index in [1.807, 2.05) is 6.92 Å². The summed E-state index contributed by atoms with van der Waals surface area (Å²) in [7, 11) is 0. The van der Waals surface area contributed by atoms with Gasteiger partial charge in [0.25, 0.3) is 5.91 Å². The normalized spacial score (nSPS) is 10.5. The van der Waals surface area contributed by atoms with Crippen LogP contribution in [-0.2, 0) is 6.54 Å². The minimum atomic E-state index is -0.561. The zero-order valence-electron chi connectivity index (χ0n) is 10.1. The van der Waals surface area contributed by atoms with E-state index in [0.29, 0.717) is 12.2 Å². The molecule has 2 rings (SSSR count). The Bertz CT molecular complexity index is 607. The van der Waals surface area contributed by atoms with E-state index in [2.05, 4.69) is 21.2 Å². The highest BCUT2D eigenvalue weighted by atomic mass is 79.9. The molecule has 0 aliphatic carbocycles. The molecule has 3 nitrogen and oxygen atoms in total. The zero-order chi connectivity index (χ0) is 14.0. The van der Waals surface area contributed by atoms with Crippen LogP contribution in [0.25, 0.3) is 0 Å². The van der Waals surface area contributed by atoms with Crippen molar-refractivity contribution in [3.8, 4) is 0 Å². The number of halogens is 3. The number of carbonyl (C=O) groups is 1. The van der Waals surface area contributed by atoms with Gasteiger partial charge in [0.2, 0.25) is 0 Å². The van der Waals surface area contributed by atoms with Crippen molar-refractivity contribution in [3.05, 3.63) is 51.5 Å². The maximum absolute atomic E-state index is 13.6. The average Bonchev–Trinajstić information content (AvgIpc) is 2.75. The second kappa shape index (κ2) is 5.75. The molecule has 0 aliphatic heterocycles. The van der Waals surface area contributed by atoms with Gasteiger partial charge < -0.3 is 9.88 Å². The Balaban J connectivity index is 2.31. The Labute approximate surface area is 123 Å². The summed E-state index contributed by atoms with van der Waals surface area (Å²) in [5.74, 6) is -0.964. The maximum Gasteiger partial charge on any atom is 0.272 e. The third-order valence-electron chi connectivity index (χ3n) is 2.64. The van der Waals surface area contributed by atoms with Crippen LogP contribution in [0.15, 0.2) is 34.9 Å². The standard InChI is InChI=1S/C13H11BrClFN2O/c1-2-18-7-8(14)6-11(18)13(19)17-12-9(15)4-3-5-10(12)16/h3-7H,2H2,1H3,(H,17,19). The van der Waals surface area contributed by atoms with Crippen molar-refractivity contribution in [1.82, 2.24) is 4.57 Å². The highest BCUT2D eigenvalue weighted by Gasteiger charge is 2.16. The first-order chi connectivity index (χ1) is 9.02. The Morgan fingerprint density at radius 2 is 2.26 bits per heavy atom. The van der Waals surface area contributed by atoms with Crippen molar-refractivity contribution in [2.45, 2.75) is 13.5 Å². The van der Waals surface area contributed by atoms with Gasteiger partial charge in [-0.05, 0) is 41.1 Å². The number of para-hydroxylation sites is 1. The molecule has 0 fully saturated rings. The lowest BCUT2D eigenvalue weighted by Crippen LogP contribution is -2.17. The summed E-state index contributed by atoms with van der Waals surface area (Å²) in [5.41, 5.74) is 0.433. The lowest BCUT2D eigenvalue weighted by atomic mass is 10.3. The van der Waals surface area contributed by atoms with Gasteiger partial charge in [-0.25, -0.2) is 4.39 Å². The van der Waals surface area contributed by atoms with E-state index in [1.165, 1.54) is 18.2 Å². The molecule has 19 heavy (non-hydrogen) atoms. The number of nitrogens with zero attached hydrogens (tertiary/aromatic N) is 1. The second-order valence-electron chi connectivity index (χ2n) is 3.88. The van der Waals surface area contributed by atoms with E-state index >= 15 is 0 Å². The SMILES string of the molecule is CCn1cc(Br)cc1C(=O)Nc1c(F)cccc1Cl. The summed E-state index contributed by atoms with van der Waals surface area (Å²) in [4.78, 5) is 12.1. The molecule has 1 heterocycles. The van der Waals surface area contributed by atoms with Crippen molar-refractivity contribution >= 4 is 39.1 Å². The monoisotopic (exact) mass is 344 g/mol. The number of nitrogens with one attached hydrogen (secondary N) is 1. The van der Waals surface area contributed by atoms with Crippen LogP contribution in [0.4, 0.5) is 10.1 Å². The first-order valence-electron chi connectivity index (χ1n) is 5.64. The smallest absolute Gasteiger partial charge is 0.272 e. The fraction of sp³-hybridized carbons (Fsp3) is 0.154. The molecule has 1 aromatic heterocycles. The Hall–Kier alpha value is -1.33. The highest BCUT2D eigenvalue weighted by molar-refractivity contribution is 9.10. The molecule has 0 unspecified atom stereocenters. The molecule has 1 aromatic carbocycles. The van der Waals surface area contributed by atoms with E-state index in [4.69, 9.17) is 11.6 Å². The number of aromatic nitrogens is 1. The third kappa shape index (κ3) is 2.98. The molecule has 0 saturated carbocycles. The molecule has 0 radical (unpaired) electrons. The number of amides is 1. The molecule has 0 bridgehead atoms. The number of anilines is 1. The molecule has 2 aromatic rings. The number of rotatable bonds is 3. The van der Waals surface area contributed by atoms with Crippen molar-refractivity contribution in [3.63, 3.8) is 0 Å². The average molecular weight is 346 g/mol. The molecule has 0 spiro atoms. The quantitative estimate of drug-likeness (QED) is 0.883. The molecule has 0 aliphatic rings. The van der Waals surface area contributed by atoms with Crippen LogP contribution in [0.1, 0.15) is 17.4 Å². The lowest BCUT2D eigenvalue weighted by molar-refractivity contribution is 0.101. The number of hydrogen-bond acceptors (Lipinski definition) is 1. The van der Waals surface area contributed by atoms with E-state index in [1.54, 1.807) is 16.8 Å². The lowest BCUT2D eigenvalue weighted by Gasteiger charge is -2.09. The van der Waals surface area contributed by atoms with Crippen LogP contribution in [0, 0.1) is 5.82 Å². The number of hydrogen-bond donors (Lipinski definition) is 1. The summed E-state index contributed by atoms with van der Waals surface area (Å²) >= 11 is 9.17. The first kappa shape index (κ1) is 14.1. The van der Waals surface area contributed by atoms with Crippen LogP contribution in [-0.4, -0.2) is 10.5 Å². The molecular formula is C13H11BrClFN2O. The maximum atomic E-state index is 13.6. The van der Waals surface area contributed by atoms with Gasteiger partial charge in [-0.1, -0.05) is 17.7 Å². The van der Waals surface area contributed by atoms with E-state index < -0.39 is 11.7 Å². The van der Waals surface area contributed by atoms with Gasteiger partial charge in [0.1, 0.15) is 11.5 Å². The fourth-order valence-corrected chi connectivity index (χ4v) is 2.40. The van der Waals surface area contributed by atoms with Gasteiger partial charge in [0.15, 0.2) is 0 Å². The van der Waals surface area contributed by atoms with Crippen molar-refractivity contribution in [2.75, 3.05) is 5.32 Å². The molecule has 6 heteroatoms. The van der Waals surface area contributed by atoms with Gasteiger partial charge in [0.05, 0.1) is 10.7 Å². The molecule has 1 N–H and O–H groups in total. The largest absolute Gasteiger partial charge is 0.343 e. The van der Waals surface area contributed by atoms with Crippen molar-refractivity contribution in [1.29, 1.82) is 0 Å². The minimum absolute atomic E-state index is 0.00542. The van der Waals surface area contributed by atoms with Crippen LogP contribution in [0.2, 0.25) is 5.02 Å². The van der Waals surface area contributed by atoms with Crippen LogP contribution in [0.5, 0.6) is 0 Å². The predicted octanol–water partition coefficient (Wildman–Crippen LogP) is 4.32. The summed E-state index contributed by atoms with van der Waals surface area (Å²) < 4.78 is 16.1. The Morgan fingerprint density at radius 3 is 2.89 bits per heavy atom. The minimum Gasteiger partial charge on any atom is -0.343 e. The van der Waals surface area contributed by atoms with Crippen molar-refractivity contribution < 1.29 is 9.18 Å². The molecule has 1 amide bonds. The summed E-state index contributed by atoms with van der Waals surface area (Å²) in [6.45, 7) is 2.55. The molecule has 100 valence electrons. The van der Waals surface area contributed by atoms with Crippen molar-refractivity contribution in [2.24, 2.45) is 0 Å². The first-order valence-corrected chi connectivity index (χ1v) is 6.81. The van der Waals surface area contributed by atoms with Gasteiger partial charge in [0, 0.05) is 17.2 Å². The summed E-state index contributed by atoms with van der Waals surface area (Å²) in [6, 6.07) is 5.93. The summed E-state index contributed by atoms with van der Waals surface area (Å²) in [5, 5.41) is 2.66. The molecular weight excluding hydrogens is 335 g/mol. The van der Waals surface area contributed by atoms with Gasteiger partial charge >= 0.3 is 0 Å². The van der Waals surface area contributed by atoms with E-state index in [0.717, 1.165) is 4.47 Å². The van der Waals surface area contributed by atoms with Gasteiger partial charge in [-0.2, -0.15) is 0 Å². The van der Waals surface area contributed by atoms with Crippen LogP contribution in [0.3, 0.4) is 0 Å². The van der Waals surface area contributed by atoms with Gasteiger partial charge in [-0.15, -0.1) is 0 Å². The van der Waals surface area contributed by atoms with E-state index in [9.17, 15) is 9.18 Å².